The fraction of sp³-hybridized carbons (Fsp3) is 0.391. The molecule has 0 aliphatic carbocycles. The number of urea groups is 1. The van der Waals surface area contributed by atoms with Crippen LogP contribution in [0.25, 0.3) is 0 Å². The monoisotopic (exact) mass is 444 g/mol. The molecule has 9 nitrogen and oxygen atoms in total. The number of nitrogens with zero attached hydrogens (tertiary/aromatic N) is 1. The van der Waals surface area contributed by atoms with Crippen LogP contribution in [0.5, 0.6) is 5.75 Å². The molecule has 32 heavy (non-hydrogen) atoms. The molecule has 0 unspecified atom stereocenters. The summed E-state index contributed by atoms with van der Waals surface area (Å²) < 4.78 is 11.2. The second kappa shape index (κ2) is 12.7. The van der Waals surface area contributed by atoms with Crippen molar-refractivity contribution in [3.8, 4) is 5.75 Å². The van der Waals surface area contributed by atoms with Crippen molar-refractivity contribution in [1.29, 1.82) is 0 Å². The van der Waals surface area contributed by atoms with Gasteiger partial charge in [-0.3, -0.25) is 9.69 Å². The van der Waals surface area contributed by atoms with Gasteiger partial charge in [-0.1, -0.05) is 18.2 Å². The van der Waals surface area contributed by atoms with E-state index in [0.29, 0.717) is 25.4 Å². The molecule has 0 saturated heterocycles. The van der Waals surface area contributed by atoms with Gasteiger partial charge >= 0.3 is 6.03 Å². The van der Waals surface area contributed by atoms with Gasteiger partial charge in [-0.2, -0.15) is 0 Å². The van der Waals surface area contributed by atoms with Crippen molar-refractivity contribution in [3.63, 3.8) is 0 Å². The van der Waals surface area contributed by atoms with Crippen molar-refractivity contribution in [2.24, 2.45) is 5.73 Å². The maximum atomic E-state index is 13.0. The Kier molecular flexibility index (Phi) is 9.93. The molecule has 0 saturated carbocycles. The van der Waals surface area contributed by atoms with Crippen molar-refractivity contribution < 1.29 is 24.2 Å². The third-order valence-electron chi connectivity index (χ3n) is 4.59. The first kappa shape index (κ1) is 25.1. The Hall–Kier alpha value is -3.14. The van der Waals surface area contributed by atoms with E-state index in [-0.39, 0.29) is 24.5 Å². The van der Waals surface area contributed by atoms with E-state index < -0.39 is 18.2 Å². The van der Waals surface area contributed by atoms with Crippen LogP contribution >= 0.6 is 0 Å². The lowest BCUT2D eigenvalue weighted by atomic mass is 10.2. The van der Waals surface area contributed by atoms with Crippen LogP contribution < -0.4 is 21.3 Å². The highest BCUT2D eigenvalue weighted by Crippen LogP contribution is 2.23. The molecule has 9 heteroatoms. The number of rotatable bonds is 11. The highest BCUT2D eigenvalue weighted by Gasteiger charge is 2.22. The molecule has 0 fully saturated rings. The number of carbonyl (C=O) groups is 2. The minimum absolute atomic E-state index is 0.0393. The number of amides is 3. The van der Waals surface area contributed by atoms with Gasteiger partial charge in [0.1, 0.15) is 5.75 Å². The quantitative estimate of drug-likeness (QED) is 0.312. The molecule has 0 heterocycles. The van der Waals surface area contributed by atoms with Gasteiger partial charge in [0.15, 0.2) is 6.29 Å². The summed E-state index contributed by atoms with van der Waals surface area (Å²) in [7, 11) is 0. The lowest BCUT2D eigenvalue weighted by molar-refractivity contribution is -0.128. The number of hydrogen-bond acceptors (Lipinski definition) is 6. The Morgan fingerprint density at radius 2 is 1.75 bits per heavy atom. The van der Waals surface area contributed by atoms with E-state index in [0.717, 1.165) is 11.1 Å². The first-order valence-electron chi connectivity index (χ1n) is 10.5. The predicted octanol–water partition coefficient (Wildman–Crippen LogP) is 2.71. The summed E-state index contributed by atoms with van der Waals surface area (Å²) in [5, 5.41) is 15.1. The predicted molar refractivity (Wildman–Crippen MR) is 124 cm³/mol. The normalized spacial score (nSPS) is 10.8. The molecule has 2 aromatic rings. The fourth-order valence-electron chi connectivity index (χ4n) is 2.99. The molecule has 0 spiro atoms. The Labute approximate surface area is 188 Å². The summed E-state index contributed by atoms with van der Waals surface area (Å²) in [5.41, 5.74) is 8.34. The Balaban J connectivity index is 2.09. The molecule has 5 N–H and O–H groups in total. The molecule has 2 aromatic carbocycles. The average molecular weight is 445 g/mol. The summed E-state index contributed by atoms with van der Waals surface area (Å²) in [4.78, 5) is 26.7. The van der Waals surface area contributed by atoms with Gasteiger partial charge < -0.3 is 30.9 Å². The number of phenols is 1. The van der Waals surface area contributed by atoms with E-state index in [1.807, 2.05) is 32.9 Å². The van der Waals surface area contributed by atoms with Gasteiger partial charge in [0, 0.05) is 25.4 Å². The highest BCUT2D eigenvalue weighted by molar-refractivity contribution is 5.98. The molecular formula is C23H32N4O5. The first-order chi connectivity index (χ1) is 15.4. The average Bonchev–Trinajstić information content (AvgIpc) is 2.78. The number of aromatic hydroxyl groups is 1. The molecule has 0 aliphatic rings. The van der Waals surface area contributed by atoms with Crippen LogP contribution in [-0.4, -0.2) is 49.6 Å². The smallest absolute Gasteiger partial charge is 0.322 e. The molecule has 0 aromatic heterocycles. The summed E-state index contributed by atoms with van der Waals surface area (Å²) in [6.45, 7) is 6.61. The second-order valence-electron chi connectivity index (χ2n) is 7.05. The van der Waals surface area contributed by atoms with Crippen molar-refractivity contribution >= 4 is 23.3 Å². The van der Waals surface area contributed by atoms with Gasteiger partial charge in [0.25, 0.3) is 0 Å². The maximum absolute atomic E-state index is 13.0. The lowest BCUT2D eigenvalue weighted by Crippen LogP contribution is -2.47. The third kappa shape index (κ3) is 7.52. The van der Waals surface area contributed by atoms with Gasteiger partial charge in [-0.25, -0.2) is 4.79 Å². The van der Waals surface area contributed by atoms with Crippen LogP contribution in [0.1, 0.15) is 25.0 Å². The summed E-state index contributed by atoms with van der Waals surface area (Å²) in [5.74, 6) is -0.510. The second-order valence-corrected chi connectivity index (χ2v) is 7.05. The van der Waals surface area contributed by atoms with E-state index in [2.05, 4.69) is 10.6 Å². The summed E-state index contributed by atoms with van der Waals surface area (Å²) in [6.07, 6.45) is -0.622. The summed E-state index contributed by atoms with van der Waals surface area (Å²) in [6, 6.07) is 11.6. The van der Waals surface area contributed by atoms with Gasteiger partial charge in [-0.15, -0.1) is 0 Å². The molecule has 2 rings (SSSR count). The molecule has 0 aliphatic heterocycles. The van der Waals surface area contributed by atoms with Crippen molar-refractivity contribution in [3.05, 3.63) is 53.6 Å². The largest absolute Gasteiger partial charge is 0.506 e. The third-order valence-corrected chi connectivity index (χ3v) is 4.59. The van der Waals surface area contributed by atoms with Crippen molar-refractivity contribution in [2.45, 2.75) is 33.6 Å². The Morgan fingerprint density at radius 3 is 2.31 bits per heavy atom. The van der Waals surface area contributed by atoms with Crippen LogP contribution in [-0.2, 0) is 20.8 Å². The number of carbonyl (C=O) groups excluding carboxylic acids is 2. The van der Waals surface area contributed by atoms with E-state index in [1.54, 1.807) is 30.3 Å². The Bertz CT molecular complexity index is 882. The summed E-state index contributed by atoms with van der Waals surface area (Å²) >= 11 is 0. The van der Waals surface area contributed by atoms with Gasteiger partial charge in [0.2, 0.25) is 5.91 Å². The molecular weight excluding hydrogens is 412 g/mol. The number of hydrogen-bond donors (Lipinski definition) is 4. The van der Waals surface area contributed by atoms with E-state index >= 15 is 0 Å². The van der Waals surface area contributed by atoms with E-state index in [1.165, 1.54) is 4.90 Å². The number of nitrogens with two attached hydrogens (primary N) is 1. The zero-order valence-corrected chi connectivity index (χ0v) is 18.8. The molecule has 0 bridgehead atoms. The first-order valence-corrected chi connectivity index (χ1v) is 10.5. The molecule has 0 radical (unpaired) electrons. The number of anilines is 2. The molecule has 174 valence electrons. The van der Waals surface area contributed by atoms with Gasteiger partial charge in [0.05, 0.1) is 18.8 Å². The van der Waals surface area contributed by atoms with Crippen LogP contribution in [0.3, 0.4) is 0 Å². The number of benzene rings is 2. The van der Waals surface area contributed by atoms with Crippen molar-refractivity contribution in [2.75, 3.05) is 36.5 Å². The number of phenolic OH excluding ortho intramolecular Hbond substituents is 1. The Morgan fingerprint density at radius 1 is 1.09 bits per heavy atom. The SMILES string of the molecule is CCOC(CN(C(=O)NCC(=O)Nc1ccc(C)cc1O)c1ccc(CN)cc1)OCC. The standard InChI is InChI=1S/C23H32N4O5/c1-4-31-22(32-5-2)15-27(18-9-7-17(13-24)8-10-18)23(30)25-14-21(29)26-19-11-6-16(3)12-20(19)28/h6-12,22,28H,4-5,13-15,24H2,1-3H3,(H,25,30)(H,26,29). The van der Waals surface area contributed by atoms with Crippen LogP contribution in [0, 0.1) is 6.92 Å². The molecule has 0 atom stereocenters. The van der Waals surface area contributed by atoms with Crippen LogP contribution in [0.2, 0.25) is 0 Å². The minimum Gasteiger partial charge on any atom is -0.506 e. The fourth-order valence-corrected chi connectivity index (χ4v) is 2.99. The number of aryl methyl sites for hydroxylation is 1. The maximum Gasteiger partial charge on any atom is 0.322 e. The van der Waals surface area contributed by atoms with Crippen LogP contribution in [0.4, 0.5) is 16.2 Å². The number of nitrogens with one attached hydrogen (secondary N) is 2. The van der Waals surface area contributed by atoms with Crippen LogP contribution in [0.15, 0.2) is 42.5 Å². The number of ether oxygens (including phenoxy) is 2. The zero-order chi connectivity index (χ0) is 23.5. The van der Waals surface area contributed by atoms with Gasteiger partial charge in [-0.05, 0) is 56.2 Å². The zero-order valence-electron chi connectivity index (χ0n) is 18.8. The minimum atomic E-state index is -0.622. The topological polar surface area (TPSA) is 126 Å². The lowest BCUT2D eigenvalue weighted by Gasteiger charge is -2.27. The van der Waals surface area contributed by atoms with Crippen molar-refractivity contribution in [1.82, 2.24) is 5.32 Å². The van der Waals surface area contributed by atoms with E-state index in [4.69, 9.17) is 15.2 Å². The highest BCUT2D eigenvalue weighted by atomic mass is 16.7. The van der Waals surface area contributed by atoms with E-state index in [9.17, 15) is 14.7 Å². The molecule has 3 amide bonds.